The normalized spacial score (nSPS) is 23.2. The van der Waals surface area contributed by atoms with Crippen LogP contribution in [-0.4, -0.2) is 50.9 Å². The number of H-pyrrole nitrogens is 1. The summed E-state index contributed by atoms with van der Waals surface area (Å²) >= 11 is 0. The van der Waals surface area contributed by atoms with E-state index in [1.165, 1.54) is 6.92 Å². The van der Waals surface area contributed by atoms with Crippen molar-refractivity contribution in [1.29, 1.82) is 0 Å². The molecule has 9 heteroatoms. The largest absolute Gasteiger partial charge is 0.488 e. The number of rotatable bonds is 6. The van der Waals surface area contributed by atoms with E-state index < -0.39 is 22.8 Å². The molecule has 1 N–H and O–H groups in total. The fourth-order valence-corrected chi connectivity index (χ4v) is 4.07. The van der Waals surface area contributed by atoms with Gasteiger partial charge in [-0.05, 0) is 32.0 Å². The minimum Gasteiger partial charge on any atom is -0.488 e. The van der Waals surface area contributed by atoms with Crippen molar-refractivity contribution in [1.82, 2.24) is 15.0 Å². The number of pyridine rings is 1. The molecule has 1 saturated heterocycles. The molecule has 2 aromatic heterocycles. The molecule has 1 atom stereocenters. The van der Waals surface area contributed by atoms with Gasteiger partial charge in [-0.15, -0.1) is 0 Å². The minimum atomic E-state index is -1.48. The molecule has 154 valence electrons. The molecule has 29 heavy (non-hydrogen) atoms. The Balaban J connectivity index is 1.41. The highest BCUT2D eigenvalue weighted by Gasteiger charge is 2.32. The van der Waals surface area contributed by atoms with Crippen molar-refractivity contribution in [3.8, 4) is 5.75 Å². The number of aromatic amines is 1. The molecule has 0 aliphatic carbocycles. The third-order valence-corrected chi connectivity index (χ3v) is 5.79. The first kappa shape index (κ1) is 19.9. The summed E-state index contributed by atoms with van der Waals surface area (Å²) in [6.45, 7) is 3.36. The number of hydrogen-bond acceptors (Lipinski definition) is 6. The van der Waals surface area contributed by atoms with Gasteiger partial charge < -0.3 is 19.2 Å². The zero-order chi connectivity index (χ0) is 20.4. The van der Waals surface area contributed by atoms with Gasteiger partial charge in [0, 0.05) is 11.8 Å². The first-order valence-corrected chi connectivity index (χ1v) is 10.6. The van der Waals surface area contributed by atoms with Crippen LogP contribution in [0.3, 0.4) is 0 Å². The van der Waals surface area contributed by atoms with Gasteiger partial charge in [-0.2, -0.15) is 0 Å². The lowest BCUT2D eigenvalue weighted by atomic mass is 10.1. The number of para-hydroxylation sites is 2. The number of ether oxygens (including phenoxy) is 3. The van der Waals surface area contributed by atoms with Crippen LogP contribution >= 0.6 is 0 Å². The topological polar surface area (TPSA) is 86.3 Å². The number of halogens is 1. The molecule has 1 aliphatic rings. The summed E-state index contributed by atoms with van der Waals surface area (Å²) in [6, 6.07) is 9.27. The number of fused-ring (bicyclic) bond motifs is 1. The first-order valence-electron chi connectivity index (χ1n) is 9.24. The summed E-state index contributed by atoms with van der Waals surface area (Å²) in [5.74, 6) is 0.803. The van der Waals surface area contributed by atoms with Crippen LogP contribution in [0.25, 0.3) is 11.0 Å². The third kappa shape index (κ3) is 4.63. The average Bonchev–Trinajstić information content (AvgIpc) is 3.14. The molecule has 1 unspecified atom stereocenters. The minimum absolute atomic E-state index is 0.0297. The van der Waals surface area contributed by atoms with Gasteiger partial charge in [0.1, 0.15) is 12.4 Å². The number of alkyl halides is 1. The molecule has 0 radical (unpaired) electrons. The van der Waals surface area contributed by atoms with Crippen molar-refractivity contribution in [2.45, 2.75) is 36.7 Å². The van der Waals surface area contributed by atoms with Gasteiger partial charge in [0.25, 0.3) is 0 Å². The van der Waals surface area contributed by atoms with Crippen molar-refractivity contribution in [3.63, 3.8) is 0 Å². The van der Waals surface area contributed by atoms with Crippen molar-refractivity contribution in [3.05, 3.63) is 47.8 Å². The molecular formula is C20H22FN3O4S. The molecule has 1 aromatic carbocycles. The molecule has 0 bridgehead atoms. The Bertz CT molecular complexity index is 996. The lowest BCUT2D eigenvalue weighted by Gasteiger charge is -2.31. The SMILES string of the molecule is Cc1c(OCC2OCC(C)(F)CO2)ccnc1CS(=O)c1nc2ccccc2[nH]1. The lowest BCUT2D eigenvalue weighted by Crippen LogP contribution is -2.43. The van der Waals surface area contributed by atoms with Crippen LogP contribution in [0.15, 0.2) is 41.7 Å². The van der Waals surface area contributed by atoms with Crippen molar-refractivity contribution in [2.75, 3.05) is 19.8 Å². The fourth-order valence-electron chi connectivity index (χ4n) is 2.97. The Hall–Kier alpha value is -2.36. The summed E-state index contributed by atoms with van der Waals surface area (Å²) in [7, 11) is -1.38. The van der Waals surface area contributed by atoms with Crippen LogP contribution in [0.2, 0.25) is 0 Å². The van der Waals surface area contributed by atoms with Crippen LogP contribution < -0.4 is 4.74 Å². The van der Waals surface area contributed by atoms with Crippen LogP contribution in [-0.2, 0) is 26.0 Å². The molecule has 0 amide bonds. The second-order valence-electron chi connectivity index (χ2n) is 7.21. The third-order valence-electron chi connectivity index (χ3n) is 4.63. The second-order valence-corrected chi connectivity index (χ2v) is 8.57. The zero-order valence-corrected chi connectivity index (χ0v) is 17.0. The molecule has 3 aromatic rings. The summed E-state index contributed by atoms with van der Waals surface area (Å²) in [5.41, 5.74) is 1.58. The first-order chi connectivity index (χ1) is 13.9. The van der Waals surface area contributed by atoms with Gasteiger partial charge in [0.15, 0.2) is 17.1 Å². The Morgan fingerprint density at radius 1 is 1.31 bits per heavy atom. The van der Waals surface area contributed by atoms with E-state index in [-0.39, 0.29) is 25.6 Å². The second kappa shape index (κ2) is 8.17. The van der Waals surface area contributed by atoms with Gasteiger partial charge in [0.05, 0.1) is 46.5 Å². The molecule has 7 nitrogen and oxygen atoms in total. The molecule has 0 spiro atoms. The summed E-state index contributed by atoms with van der Waals surface area (Å²) < 4.78 is 43.0. The van der Waals surface area contributed by atoms with Gasteiger partial charge in [-0.3, -0.25) is 9.19 Å². The van der Waals surface area contributed by atoms with Gasteiger partial charge in [0.2, 0.25) is 0 Å². The Morgan fingerprint density at radius 2 is 2.07 bits per heavy atom. The van der Waals surface area contributed by atoms with Crippen molar-refractivity contribution < 1.29 is 22.8 Å². The maximum absolute atomic E-state index is 13.7. The van der Waals surface area contributed by atoms with Gasteiger partial charge in [-0.25, -0.2) is 9.37 Å². The molecule has 1 fully saturated rings. The predicted octanol–water partition coefficient (Wildman–Crippen LogP) is 3.05. The number of benzene rings is 1. The van der Waals surface area contributed by atoms with Crippen LogP contribution in [0.4, 0.5) is 4.39 Å². The molecule has 0 saturated carbocycles. The van der Waals surface area contributed by atoms with Crippen molar-refractivity contribution in [2.24, 2.45) is 0 Å². The highest BCUT2D eigenvalue weighted by atomic mass is 32.2. The van der Waals surface area contributed by atoms with Crippen LogP contribution in [0, 0.1) is 6.92 Å². The monoisotopic (exact) mass is 419 g/mol. The van der Waals surface area contributed by atoms with Gasteiger partial charge >= 0.3 is 0 Å². The van der Waals surface area contributed by atoms with E-state index in [2.05, 4.69) is 15.0 Å². The van der Waals surface area contributed by atoms with E-state index >= 15 is 0 Å². The Morgan fingerprint density at radius 3 is 2.83 bits per heavy atom. The summed E-state index contributed by atoms with van der Waals surface area (Å²) in [4.78, 5) is 11.8. The number of aromatic nitrogens is 3. The van der Waals surface area contributed by atoms with E-state index in [0.29, 0.717) is 16.6 Å². The molecule has 1 aliphatic heterocycles. The van der Waals surface area contributed by atoms with E-state index in [9.17, 15) is 8.60 Å². The van der Waals surface area contributed by atoms with E-state index in [4.69, 9.17) is 14.2 Å². The van der Waals surface area contributed by atoms with E-state index in [1.807, 2.05) is 31.2 Å². The molecular weight excluding hydrogens is 397 g/mol. The highest BCUT2D eigenvalue weighted by molar-refractivity contribution is 7.84. The lowest BCUT2D eigenvalue weighted by molar-refractivity contribution is -0.237. The standard InChI is InChI=1S/C20H22FN3O4S/c1-13-16(10-29(25)19-23-14-5-3-4-6-15(14)24-19)22-8-7-17(13)26-9-18-27-11-20(2,21)12-28-18/h3-8,18H,9-12H2,1-2H3,(H,23,24). The summed E-state index contributed by atoms with van der Waals surface area (Å²) in [5, 5.41) is 0.414. The molecule has 3 heterocycles. The number of imidazole rings is 1. The predicted molar refractivity (Wildman–Crippen MR) is 106 cm³/mol. The number of nitrogens with zero attached hydrogens (tertiary/aromatic N) is 2. The fraction of sp³-hybridized carbons (Fsp3) is 0.400. The van der Waals surface area contributed by atoms with Crippen molar-refractivity contribution >= 4 is 21.8 Å². The summed E-state index contributed by atoms with van der Waals surface area (Å²) in [6.07, 6.45) is 0.980. The molecule has 4 rings (SSSR count). The Kier molecular flexibility index (Phi) is 5.62. The number of hydrogen-bond donors (Lipinski definition) is 1. The highest BCUT2D eigenvalue weighted by Crippen LogP contribution is 2.24. The quantitative estimate of drug-likeness (QED) is 0.661. The van der Waals surface area contributed by atoms with Gasteiger partial charge in [-0.1, -0.05) is 12.1 Å². The van der Waals surface area contributed by atoms with Crippen LogP contribution in [0.5, 0.6) is 5.75 Å². The van der Waals surface area contributed by atoms with E-state index in [1.54, 1.807) is 12.3 Å². The maximum Gasteiger partial charge on any atom is 0.197 e. The smallest absolute Gasteiger partial charge is 0.197 e. The Labute approximate surface area is 170 Å². The van der Waals surface area contributed by atoms with Crippen LogP contribution in [0.1, 0.15) is 18.2 Å². The average molecular weight is 419 g/mol. The maximum atomic E-state index is 13.7. The zero-order valence-electron chi connectivity index (χ0n) is 16.2. The number of nitrogens with one attached hydrogen (secondary N) is 1. The van der Waals surface area contributed by atoms with E-state index in [0.717, 1.165) is 16.6 Å².